The molecule has 1 aliphatic rings. The van der Waals surface area contributed by atoms with E-state index < -0.39 is 12.6 Å². The van der Waals surface area contributed by atoms with E-state index in [1.807, 2.05) is 18.5 Å². The molecule has 1 saturated heterocycles. The summed E-state index contributed by atoms with van der Waals surface area (Å²) in [7, 11) is 2.19. The van der Waals surface area contributed by atoms with Gasteiger partial charge in [0, 0.05) is 18.4 Å². The molecule has 2 rings (SSSR count). The van der Waals surface area contributed by atoms with E-state index >= 15 is 0 Å². The van der Waals surface area contributed by atoms with Crippen LogP contribution in [0.3, 0.4) is 0 Å². The Balaban J connectivity index is 0.000000249. The summed E-state index contributed by atoms with van der Waals surface area (Å²) < 4.78 is 0. The van der Waals surface area contributed by atoms with Crippen LogP contribution in [0.5, 0.6) is 0 Å². The van der Waals surface area contributed by atoms with Gasteiger partial charge in [0.25, 0.3) is 0 Å². The Morgan fingerprint density at radius 1 is 1.65 bits per heavy atom. The lowest BCUT2D eigenvalue weighted by molar-refractivity contribution is -0.140. The molecule has 1 aromatic heterocycles. The number of aliphatic hydroxyl groups is 1. The number of aromatic nitrogens is 1. The topological polar surface area (TPSA) is 73.7 Å². The molecule has 1 aromatic rings. The minimum atomic E-state index is -1.19. The molecular formula is C12H18N2O3. The summed E-state index contributed by atoms with van der Waals surface area (Å²) in [6, 6.07) is 4.79. The minimum Gasteiger partial charge on any atom is -0.480 e. The summed E-state index contributed by atoms with van der Waals surface area (Å²) in [5.74, 6) is -1.19. The quantitative estimate of drug-likeness (QED) is 0.801. The summed E-state index contributed by atoms with van der Waals surface area (Å²) >= 11 is 0. The van der Waals surface area contributed by atoms with Gasteiger partial charge in [-0.1, -0.05) is 6.07 Å². The van der Waals surface area contributed by atoms with E-state index in [2.05, 4.69) is 23.0 Å². The molecule has 2 N–H and O–H groups in total. The SMILES string of the molecule is CN1CCC[C@H]1c1cccnc1.O=C(O)CO. The average Bonchev–Trinajstić information content (AvgIpc) is 2.77. The molecule has 17 heavy (non-hydrogen) atoms. The predicted molar refractivity (Wildman–Crippen MR) is 63.6 cm³/mol. The summed E-state index contributed by atoms with van der Waals surface area (Å²) in [6.07, 6.45) is 6.41. The van der Waals surface area contributed by atoms with Crippen LogP contribution < -0.4 is 0 Å². The van der Waals surface area contributed by atoms with Gasteiger partial charge in [-0.3, -0.25) is 9.88 Å². The normalized spacial score (nSPS) is 19.5. The Bertz CT molecular complexity index is 343. The second-order valence-electron chi connectivity index (χ2n) is 3.98. The minimum absolute atomic E-state index is 0.610. The zero-order chi connectivity index (χ0) is 12.7. The molecule has 0 aliphatic carbocycles. The highest BCUT2D eigenvalue weighted by molar-refractivity contribution is 5.67. The van der Waals surface area contributed by atoms with Crippen molar-refractivity contribution in [2.75, 3.05) is 20.2 Å². The number of aliphatic carboxylic acids is 1. The molecule has 0 amide bonds. The molecule has 0 spiro atoms. The van der Waals surface area contributed by atoms with E-state index in [0.717, 1.165) is 0 Å². The van der Waals surface area contributed by atoms with Crippen molar-refractivity contribution in [1.29, 1.82) is 0 Å². The first kappa shape index (κ1) is 13.6. The molecule has 0 unspecified atom stereocenters. The van der Waals surface area contributed by atoms with Crippen molar-refractivity contribution in [3.63, 3.8) is 0 Å². The zero-order valence-electron chi connectivity index (χ0n) is 9.91. The summed E-state index contributed by atoms with van der Waals surface area (Å²) in [5, 5.41) is 15.0. The number of rotatable bonds is 2. The summed E-state index contributed by atoms with van der Waals surface area (Å²) in [5.41, 5.74) is 1.36. The van der Waals surface area contributed by atoms with E-state index in [9.17, 15) is 0 Å². The fraction of sp³-hybridized carbons (Fsp3) is 0.500. The van der Waals surface area contributed by atoms with E-state index in [0.29, 0.717) is 6.04 Å². The van der Waals surface area contributed by atoms with Crippen molar-refractivity contribution in [3.8, 4) is 0 Å². The van der Waals surface area contributed by atoms with Crippen molar-refractivity contribution in [2.24, 2.45) is 0 Å². The fourth-order valence-electron chi connectivity index (χ4n) is 1.90. The number of nitrogens with zero attached hydrogens (tertiary/aromatic N) is 2. The van der Waals surface area contributed by atoms with Gasteiger partial charge in [0.05, 0.1) is 0 Å². The van der Waals surface area contributed by atoms with Crippen molar-refractivity contribution in [3.05, 3.63) is 30.1 Å². The summed E-state index contributed by atoms with van der Waals surface area (Å²) in [6.45, 7) is 0.444. The molecule has 2 heterocycles. The number of carboxylic acids is 1. The lowest BCUT2D eigenvalue weighted by Gasteiger charge is -2.18. The number of hydrogen-bond donors (Lipinski definition) is 2. The smallest absolute Gasteiger partial charge is 0.329 e. The Kier molecular flexibility index (Phi) is 5.59. The standard InChI is InChI=1S/C10H14N2.C2H4O3/c1-12-7-3-5-10(12)9-4-2-6-11-8-9;3-1-2(4)5/h2,4,6,8,10H,3,5,7H2,1H3;3H,1H2,(H,4,5)/t10-;/m0./s1. The van der Waals surface area contributed by atoms with Gasteiger partial charge in [0.2, 0.25) is 0 Å². The van der Waals surface area contributed by atoms with Gasteiger partial charge >= 0.3 is 5.97 Å². The molecule has 0 bridgehead atoms. The molecule has 0 aromatic carbocycles. The Morgan fingerprint density at radius 3 is 2.76 bits per heavy atom. The lowest BCUT2D eigenvalue weighted by Crippen LogP contribution is -2.17. The predicted octanol–water partition coefficient (Wildman–Crippen LogP) is 0.912. The van der Waals surface area contributed by atoms with Gasteiger partial charge < -0.3 is 10.2 Å². The number of carbonyl (C=O) groups is 1. The van der Waals surface area contributed by atoms with Crippen LogP contribution in [0.4, 0.5) is 0 Å². The number of carboxylic acid groups (broad SMARTS) is 1. The molecule has 5 nitrogen and oxygen atoms in total. The van der Waals surface area contributed by atoms with Gasteiger partial charge in [-0.15, -0.1) is 0 Å². The van der Waals surface area contributed by atoms with Crippen LogP contribution in [-0.4, -0.2) is 46.3 Å². The second-order valence-corrected chi connectivity index (χ2v) is 3.98. The highest BCUT2D eigenvalue weighted by atomic mass is 16.4. The maximum Gasteiger partial charge on any atom is 0.329 e. The highest BCUT2D eigenvalue weighted by Gasteiger charge is 2.21. The zero-order valence-corrected chi connectivity index (χ0v) is 9.91. The number of likely N-dealkylation sites (tertiary alicyclic amines) is 1. The average molecular weight is 238 g/mol. The van der Waals surface area contributed by atoms with Gasteiger partial charge in [-0.2, -0.15) is 0 Å². The first-order valence-electron chi connectivity index (χ1n) is 5.58. The third-order valence-electron chi connectivity index (χ3n) is 2.72. The van der Waals surface area contributed by atoms with Crippen LogP contribution in [0.2, 0.25) is 0 Å². The van der Waals surface area contributed by atoms with Gasteiger partial charge in [0.1, 0.15) is 6.61 Å². The third-order valence-corrected chi connectivity index (χ3v) is 2.72. The molecule has 1 fully saturated rings. The lowest BCUT2D eigenvalue weighted by atomic mass is 10.1. The monoisotopic (exact) mass is 238 g/mol. The second kappa shape index (κ2) is 6.98. The fourth-order valence-corrected chi connectivity index (χ4v) is 1.90. The van der Waals surface area contributed by atoms with Crippen molar-refractivity contribution in [1.82, 2.24) is 9.88 Å². The van der Waals surface area contributed by atoms with Crippen LogP contribution in [-0.2, 0) is 4.79 Å². The maximum atomic E-state index is 9.12. The van der Waals surface area contributed by atoms with E-state index in [1.54, 1.807) is 0 Å². The molecule has 0 radical (unpaired) electrons. The largest absolute Gasteiger partial charge is 0.480 e. The third kappa shape index (κ3) is 4.50. The van der Waals surface area contributed by atoms with Crippen LogP contribution >= 0.6 is 0 Å². The van der Waals surface area contributed by atoms with E-state index in [4.69, 9.17) is 15.0 Å². The number of pyridine rings is 1. The van der Waals surface area contributed by atoms with Gasteiger partial charge in [-0.05, 0) is 38.1 Å². The first-order chi connectivity index (χ1) is 8.15. The molecule has 1 atom stereocenters. The Labute approximate surface area is 101 Å². The Hall–Kier alpha value is -1.46. The van der Waals surface area contributed by atoms with Gasteiger partial charge in [0.15, 0.2) is 0 Å². The molecule has 1 aliphatic heterocycles. The molecule has 0 saturated carbocycles. The van der Waals surface area contributed by atoms with Crippen molar-refractivity contribution < 1.29 is 15.0 Å². The molecular weight excluding hydrogens is 220 g/mol. The van der Waals surface area contributed by atoms with Crippen LogP contribution in [0.1, 0.15) is 24.4 Å². The molecule has 94 valence electrons. The maximum absolute atomic E-state index is 9.12. The van der Waals surface area contributed by atoms with E-state index in [-0.39, 0.29) is 0 Å². The van der Waals surface area contributed by atoms with Crippen LogP contribution in [0.15, 0.2) is 24.5 Å². The van der Waals surface area contributed by atoms with Gasteiger partial charge in [-0.25, -0.2) is 4.79 Å². The number of hydrogen-bond acceptors (Lipinski definition) is 4. The van der Waals surface area contributed by atoms with Crippen molar-refractivity contribution in [2.45, 2.75) is 18.9 Å². The van der Waals surface area contributed by atoms with Crippen LogP contribution in [0, 0.1) is 0 Å². The highest BCUT2D eigenvalue weighted by Crippen LogP contribution is 2.29. The number of aliphatic hydroxyl groups excluding tert-OH is 1. The van der Waals surface area contributed by atoms with E-state index in [1.165, 1.54) is 24.9 Å². The summed E-state index contributed by atoms with van der Waals surface area (Å²) in [4.78, 5) is 15.7. The van der Waals surface area contributed by atoms with Crippen molar-refractivity contribution >= 4 is 5.97 Å². The van der Waals surface area contributed by atoms with Crippen LogP contribution in [0.25, 0.3) is 0 Å². The Morgan fingerprint density at radius 2 is 2.35 bits per heavy atom. The molecule has 5 heteroatoms. The first-order valence-corrected chi connectivity index (χ1v) is 5.58.